The van der Waals surface area contributed by atoms with Gasteiger partial charge in [0.15, 0.2) is 0 Å². The Bertz CT molecular complexity index is 1220. The SMILES string of the molecule is CCC(F)(F)c1ccc(-c2cc(=O)[nH]c(-c3cc(CNC(=O)C(C)(C)C)ccc3F)n2)cn1. The Morgan fingerprint density at radius 1 is 1.12 bits per heavy atom. The minimum atomic E-state index is -3.06. The van der Waals surface area contributed by atoms with Gasteiger partial charge in [0.25, 0.3) is 11.5 Å². The molecule has 0 bridgehead atoms. The van der Waals surface area contributed by atoms with E-state index in [0.29, 0.717) is 11.1 Å². The maximum Gasteiger partial charge on any atom is 0.289 e. The number of hydrogen-bond donors (Lipinski definition) is 2. The number of carbonyl (C=O) groups is 1. The van der Waals surface area contributed by atoms with Gasteiger partial charge in [-0.2, -0.15) is 8.78 Å². The van der Waals surface area contributed by atoms with Gasteiger partial charge in [-0.15, -0.1) is 0 Å². The van der Waals surface area contributed by atoms with Gasteiger partial charge in [-0.05, 0) is 29.8 Å². The average Bonchev–Trinajstić information content (AvgIpc) is 2.77. The van der Waals surface area contributed by atoms with Gasteiger partial charge < -0.3 is 10.3 Å². The normalized spacial score (nSPS) is 12.0. The smallest absolute Gasteiger partial charge is 0.289 e. The highest BCUT2D eigenvalue weighted by molar-refractivity contribution is 5.81. The van der Waals surface area contributed by atoms with Crippen LogP contribution >= 0.6 is 0 Å². The number of pyridine rings is 1. The van der Waals surface area contributed by atoms with Crippen molar-refractivity contribution in [3.05, 3.63) is 70.0 Å². The number of aromatic nitrogens is 3. The fourth-order valence-electron chi connectivity index (χ4n) is 2.99. The molecule has 0 aliphatic heterocycles. The second-order valence-electron chi connectivity index (χ2n) is 8.72. The first-order valence-corrected chi connectivity index (χ1v) is 10.4. The minimum Gasteiger partial charge on any atom is -0.352 e. The summed E-state index contributed by atoms with van der Waals surface area (Å²) in [6.45, 7) is 6.87. The molecule has 1 amide bonds. The molecule has 2 N–H and O–H groups in total. The topological polar surface area (TPSA) is 87.7 Å². The van der Waals surface area contributed by atoms with E-state index < -0.39 is 29.1 Å². The van der Waals surface area contributed by atoms with Crippen molar-refractivity contribution in [1.29, 1.82) is 0 Å². The Labute approximate surface area is 189 Å². The van der Waals surface area contributed by atoms with E-state index >= 15 is 0 Å². The van der Waals surface area contributed by atoms with Gasteiger partial charge in [-0.25, -0.2) is 9.37 Å². The molecule has 0 aliphatic carbocycles. The first-order chi connectivity index (χ1) is 15.4. The molecule has 0 aliphatic rings. The predicted octanol–water partition coefficient (Wildman–Crippen LogP) is 4.80. The van der Waals surface area contributed by atoms with Gasteiger partial charge >= 0.3 is 0 Å². The lowest BCUT2D eigenvalue weighted by Gasteiger charge is -2.18. The number of hydrogen-bond acceptors (Lipinski definition) is 4. The Morgan fingerprint density at radius 2 is 1.85 bits per heavy atom. The second-order valence-corrected chi connectivity index (χ2v) is 8.72. The predicted molar refractivity (Wildman–Crippen MR) is 119 cm³/mol. The fraction of sp³-hybridized carbons (Fsp3) is 0.333. The first kappa shape index (κ1) is 24.2. The molecule has 0 atom stereocenters. The Balaban J connectivity index is 1.93. The number of nitrogens with zero attached hydrogens (tertiary/aromatic N) is 2. The molecule has 1 aromatic carbocycles. The molecule has 2 heterocycles. The monoisotopic (exact) mass is 458 g/mol. The van der Waals surface area contributed by atoms with E-state index in [-0.39, 0.29) is 35.2 Å². The number of H-pyrrole nitrogens is 1. The number of aromatic amines is 1. The summed E-state index contributed by atoms with van der Waals surface area (Å²) in [6, 6.07) is 8.00. The van der Waals surface area contributed by atoms with Gasteiger partial charge in [-0.1, -0.05) is 33.8 Å². The van der Waals surface area contributed by atoms with Crippen LogP contribution in [0.2, 0.25) is 0 Å². The zero-order chi connectivity index (χ0) is 24.4. The molecule has 0 radical (unpaired) electrons. The highest BCUT2D eigenvalue weighted by Gasteiger charge is 2.30. The van der Waals surface area contributed by atoms with E-state index in [1.54, 1.807) is 20.8 Å². The molecule has 2 aromatic heterocycles. The molecule has 0 saturated heterocycles. The van der Waals surface area contributed by atoms with Gasteiger partial charge in [-0.3, -0.25) is 14.6 Å². The summed E-state index contributed by atoms with van der Waals surface area (Å²) in [5.41, 5.74) is -0.332. The van der Waals surface area contributed by atoms with Gasteiger partial charge in [0.05, 0.1) is 11.3 Å². The number of carbonyl (C=O) groups excluding carboxylic acids is 1. The van der Waals surface area contributed by atoms with E-state index in [2.05, 4.69) is 20.3 Å². The molecule has 33 heavy (non-hydrogen) atoms. The molecule has 0 unspecified atom stereocenters. The average molecular weight is 458 g/mol. The van der Waals surface area contributed by atoms with Crippen molar-refractivity contribution in [2.75, 3.05) is 0 Å². The lowest BCUT2D eigenvalue weighted by atomic mass is 9.95. The molecule has 174 valence electrons. The van der Waals surface area contributed by atoms with Crippen LogP contribution in [-0.4, -0.2) is 20.9 Å². The van der Waals surface area contributed by atoms with Crippen molar-refractivity contribution in [3.8, 4) is 22.6 Å². The number of amides is 1. The first-order valence-electron chi connectivity index (χ1n) is 10.4. The van der Waals surface area contributed by atoms with Crippen LogP contribution in [0.4, 0.5) is 13.2 Å². The number of alkyl halides is 2. The molecule has 9 heteroatoms. The van der Waals surface area contributed by atoms with Crippen LogP contribution in [0.3, 0.4) is 0 Å². The van der Waals surface area contributed by atoms with Crippen LogP contribution in [0.15, 0.2) is 47.4 Å². The van der Waals surface area contributed by atoms with E-state index in [0.717, 1.165) is 0 Å². The second kappa shape index (κ2) is 9.17. The molecular weight excluding hydrogens is 433 g/mol. The van der Waals surface area contributed by atoms with E-state index in [1.807, 2.05) is 0 Å². The fourth-order valence-corrected chi connectivity index (χ4v) is 2.99. The Hall–Kier alpha value is -3.49. The molecule has 6 nitrogen and oxygen atoms in total. The molecule has 0 spiro atoms. The summed E-state index contributed by atoms with van der Waals surface area (Å²) < 4.78 is 42.2. The lowest BCUT2D eigenvalue weighted by Crippen LogP contribution is -2.34. The third kappa shape index (κ3) is 5.66. The zero-order valence-corrected chi connectivity index (χ0v) is 18.8. The third-order valence-electron chi connectivity index (χ3n) is 5.04. The van der Waals surface area contributed by atoms with Crippen LogP contribution in [0.1, 0.15) is 45.4 Å². The molecule has 3 rings (SSSR count). The van der Waals surface area contributed by atoms with Crippen LogP contribution < -0.4 is 10.9 Å². The van der Waals surface area contributed by atoms with E-state index in [1.165, 1.54) is 49.5 Å². The van der Waals surface area contributed by atoms with E-state index in [9.17, 15) is 22.8 Å². The van der Waals surface area contributed by atoms with Gasteiger partial charge in [0, 0.05) is 36.2 Å². The maximum absolute atomic E-state index is 14.6. The number of halogens is 3. The summed E-state index contributed by atoms with van der Waals surface area (Å²) in [5.74, 6) is -3.86. The van der Waals surface area contributed by atoms with Crippen molar-refractivity contribution >= 4 is 5.91 Å². The summed E-state index contributed by atoms with van der Waals surface area (Å²) in [4.78, 5) is 35.0. The summed E-state index contributed by atoms with van der Waals surface area (Å²) >= 11 is 0. The Morgan fingerprint density at radius 3 is 2.45 bits per heavy atom. The number of rotatable bonds is 6. The van der Waals surface area contributed by atoms with Crippen molar-refractivity contribution in [2.24, 2.45) is 5.41 Å². The zero-order valence-electron chi connectivity index (χ0n) is 18.8. The molecule has 0 fully saturated rings. The van der Waals surface area contributed by atoms with Crippen LogP contribution in [-0.2, 0) is 17.3 Å². The summed E-state index contributed by atoms with van der Waals surface area (Å²) in [7, 11) is 0. The molecule has 0 saturated carbocycles. The maximum atomic E-state index is 14.6. The van der Waals surface area contributed by atoms with E-state index in [4.69, 9.17) is 0 Å². The number of nitrogens with one attached hydrogen (secondary N) is 2. The van der Waals surface area contributed by atoms with Crippen LogP contribution in [0, 0.1) is 11.2 Å². The highest BCUT2D eigenvalue weighted by atomic mass is 19.3. The largest absolute Gasteiger partial charge is 0.352 e. The minimum absolute atomic E-state index is 0.0260. The lowest BCUT2D eigenvalue weighted by molar-refractivity contribution is -0.128. The summed E-state index contributed by atoms with van der Waals surface area (Å²) in [6.07, 6.45) is 0.817. The van der Waals surface area contributed by atoms with Gasteiger partial charge in [0.2, 0.25) is 5.91 Å². The van der Waals surface area contributed by atoms with Crippen molar-refractivity contribution in [3.63, 3.8) is 0 Å². The molecule has 3 aromatic rings. The molecular formula is C24H25F3N4O2. The van der Waals surface area contributed by atoms with Crippen molar-refractivity contribution < 1.29 is 18.0 Å². The standard InChI is InChI=1S/C24H25F3N4O2/c1-5-24(26,27)19-9-7-15(13-28-19)18-11-20(32)31-21(30-18)16-10-14(6-8-17(16)25)12-29-22(33)23(2,3)4/h6-11,13H,5,12H2,1-4H3,(H,29,33)(H,30,31,32). The van der Waals surface area contributed by atoms with Crippen LogP contribution in [0.5, 0.6) is 0 Å². The Kier molecular flexibility index (Phi) is 6.71. The highest BCUT2D eigenvalue weighted by Crippen LogP contribution is 2.30. The van der Waals surface area contributed by atoms with Crippen LogP contribution in [0.25, 0.3) is 22.6 Å². The number of benzene rings is 1. The third-order valence-corrected chi connectivity index (χ3v) is 5.04. The quantitative estimate of drug-likeness (QED) is 0.555. The summed E-state index contributed by atoms with van der Waals surface area (Å²) in [5, 5.41) is 2.78. The van der Waals surface area contributed by atoms with Crippen molar-refractivity contribution in [1.82, 2.24) is 20.3 Å². The van der Waals surface area contributed by atoms with Crippen molar-refractivity contribution in [2.45, 2.75) is 46.6 Å². The van der Waals surface area contributed by atoms with Gasteiger partial charge in [0.1, 0.15) is 17.3 Å².